The molecule has 2 fully saturated rings. The van der Waals surface area contributed by atoms with Crippen LogP contribution < -0.4 is 0 Å². The first-order valence-corrected chi connectivity index (χ1v) is 9.63. The van der Waals surface area contributed by atoms with E-state index in [2.05, 4.69) is 13.8 Å². The second-order valence-corrected chi connectivity index (χ2v) is 9.26. The molecule has 6 atom stereocenters. The first kappa shape index (κ1) is 16.8. The summed E-state index contributed by atoms with van der Waals surface area (Å²) in [7, 11) is 0. The summed E-state index contributed by atoms with van der Waals surface area (Å²) >= 11 is 6.24. The zero-order chi connectivity index (χ0) is 17.3. The second-order valence-electron chi connectivity index (χ2n) is 8.82. The minimum Gasteiger partial charge on any atom is -0.387 e. The van der Waals surface area contributed by atoms with Gasteiger partial charge in [-0.2, -0.15) is 0 Å². The van der Waals surface area contributed by atoms with E-state index < -0.39 is 11.9 Å². The highest BCUT2D eigenvalue weighted by molar-refractivity contribution is 6.30. The van der Waals surface area contributed by atoms with Gasteiger partial charge in [-0.3, -0.25) is 4.79 Å². The van der Waals surface area contributed by atoms with Crippen molar-refractivity contribution in [2.24, 2.45) is 28.6 Å². The fourth-order valence-corrected chi connectivity index (χ4v) is 6.79. The lowest BCUT2D eigenvalue weighted by atomic mass is 9.45. The average molecular weight is 353 g/mol. The van der Waals surface area contributed by atoms with Crippen LogP contribution in [0.25, 0.3) is 0 Å². The second kappa shape index (κ2) is 5.41. The molecule has 24 heavy (non-hydrogen) atoms. The van der Waals surface area contributed by atoms with Crippen molar-refractivity contribution in [1.29, 1.82) is 0 Å². The molecule has 0 aliphatic heterocycles. The van der Waals surface area contributed by atoms with Gasteiger partial charge in [0, 0.05) is 16.9 Å². The van der Waals surface area contributed by atoms with Crippen molar-refractivity contribution in [3.8, 4) is 0 Å². The van der Waals surface area contributed by atoms with Crippen molar-refractivity contribution in [2.45, 2.75) is 64.9 Å². The molecule has 2 saturated carbocycles. The summed E-state index contributed by atoms with van der Waals surface area (Å²) in [4.78, 5) is 11.8. The smallest absolute Gasteiger partial charge is 0.191 e. The predicted molar refractivity (Wildman–Crippen MR) is 92.1 cm³/mol. The Labute approximate surface area is 148 Å². The molecular weight excluding hydrogens is 327 g/mol. The first-order chi connectivity index (χ1) is 11.3. The van der Waals surface area contributed by atoms with Crippen molar-refractivity contribution in [3.63, 3.8) is 0 Å². The van der Waals surface area contributed by atoms with Crippen LogP contribution in [0.3, 0.4) is 0 Å². The van der Waals surface area contributed by atoms with Crippen molar-refractivity contribution in [1.82, 2.24) is 0 Å². The molecule has 4 heteroatoms. The molecule has 0 saturated heterocycles. The van der Waals surface area contributed by atoms with E-state index in [1.807, 2.05) is 6.08 Å². The minimum absolute atomic E-state index is 0.173. The highest BCUT2D eigenvalue weighted by Gasteiger charge is 2.58. The molecule has 0 aromatic carbocycles. The standard InChI is InChI=1S/C20H26ClFO2/c1-19-10-8-16(23)17(22)14(19)4-3-11-12-5-6-15(21)18(24)20(12,2)9-7-13(11)19/h6,11-13,18,24H,3-5,7-10H2,1-2H3/t11-,12-,13-,18-,19+,20-/m0/s1. The molecule has 1 N–H and O–H groups in total. The maximum absolute atomic E-state index is 14.5. The van der Waals surface area contributed by atoms with Crippen LogP contribution in [-0.2, 0) is 4.79 Å². The van der Waals surface area contributed by atoms with Crippen molar-refractivity contribution >= 4 is 17.4 Å². The van der Waals surface area contributed by atoms with Crippen molar-refractivity contribution in [3.05, 3.63) is 22.5 Å². The minimum atomic E-state index is -0.576. The Balaban J connectivity index is 1.73. The van der Waals surface area contributed by atoms with Gasteiger partial charge in [0.15, 0.2) is 11.6 Å². The average Bonchev–Trinajstić information content (AvgIpc) is 2.55. The Hall–Kier alpha value is -0.670. The van der Waals surface area contributed by atoms with E-state index in [9.17, 15) is 14.3 Å². The molecule has 0 radical (unpaired) electrons. The molecular formula is C20H26ClFO2. The van der Waals surface area contributed by atoms with Gasteiger partial charge in [0.25, 0.3) is 0 Å². The maximum Gasteiger partial charge on any atom is 0.191 e. The molecule has 4 rings (SSSR count). The first-order valence-electron chi connectivity index (χ1n) is 9.25. The van der Waals surface area contributed by atoms with Gasteiger partial charge < -0.3 is 5.11 Å². The van der Waals surface area contributed by atoms with Crippen LogP contribution in [0.5, 0.6) is 0 Å². The monoisotopic (exact) mass is 352 g/mol. The molecule has 2 nitrogen and oxygen atoms in total. The van der Waals surface area contributed by atoms with E-state index in [1.165, 1.54) is 0 Å². The molecule has 0 spiro atoms. The van der Waals surface area contributed by atoms with Crippen LogP contribution in [0.1, 0.15) is 58.8 Å². The zero-order valence-corrected chi connectivity index (χ0v) is 15.2. The Bertz CT molecular complexity index is 654. The number of Topliss-reactive ketones (excluding diaryl/α,β-unsaturated/α-hetero) is 1. The van der Waals surface area contributed by atoms with E-state index in [-0.39, 0.29) is 16.6 Å². The molecule has 0 bridgehead atoms. The third-order valence-corrected chi connectivity index (χ3v) is 8.30. The van der Waals surface area contributed by atoms with Gasteiger partial charge in [-0.05, 0) is 67.3 Å². The van der Waals surface area contributed by atoms with Gasteiger partial charge in [-0.1, -0.05) is 31.5 Å². The quantitative estimate of drug-likeness (QED) is 0.672. The number of hydrogen-bond donors (Lipinski definition) is 1. The number of halogens is 2. The fraction of sp³-hybridized carbons (Fsp3) is 0.750. The summed E-state index contributed by atoms with van der Waals surface area (Å²) < 4.78 is 14.5. The summed E-state index contributed by atoms with van der Waals surface area (Å²) in [6.07, 6.45) is 6.95. The summed E-state index contributed by atoms with van der Waals surface area (Å²) in [5, 5.41) is 11.3. The molecule has 0 aromatic heterocycles. The highest BCUT2D eigenvalue weighted by atomic mass is 35.5. The van der Waals surface area contributed by atoms with Gasteiger partial charge in [0.1, 0.15) is 0 Å². The van der Waals surface area contributed by atoms with E-state index in [1.54, 1.807) is 0 Å². The largest absolute Gasteiger partial charge is 0.387 e. The number of carbonyl (C=O) groups is 1. The van der Waals surface area contributed by atoms with Crippen LogP contribution in [-0.4, -0.2) is 17.0 Å². The number of rotatable bonds is 0. The highest BCUT2D eigenvalue weighted by Crippen LogP contribution is 2.65. The number of hydrogen-bond acceptors (Lipinski definition) is 2. The lowest BCUT2D eigenvalue weighted by molar-refractivity contribution is -0.123. The third kappa shape index (κ3) is 2.07. The number of ketones is 1. The van der Waals surface area contributed by atoms with Crippen LogP contribution >= 0.6 is 11.6 Å². The number of fused-ring (bicyclic) bond motifs is 5. The summed E-state index contributed by atoms with van der Waals surface area (Å²) in [5.41, 5.74) is 0.430. The summed E-state index contributed by atoms with van der Waals surface area (Å²) in [5.74, 6) is 0.546. The lowest BCUT2D eigenvalue weighted by Crippen LogP contribution is -2.55. The molecule has 0 aromatic rings. The van der Waals surface area contributed by atoms with Gasteiger partial charge in [0.05, 0.1) is 6.10 Å². The van der Waals surface area contributed by atoms with Gasteiger partial charge >= 0.3 is 0 Å². The third-order valence-electron chi connectivity index (χ3n) is 7.94. The Morgan fingerprint density at radius 3 is 2.71 bits per heavy atom. The summed E-state index contributed by atoms with van der Waals surface area (Å²) in [6, 6.07) is 0. The zero-order valence-electron chi connectivity index (χ0n) is 14.4. The number of aliphatic hydroxyl groups is 1. The van der Waals surface area contributed by atoms with Crippen LogP contribution in [0.4, 0.5) is 4.39 Å². The van der Waals surface area contributed by atoms with Crippen molar-refractivity contribution in [2.75, 3.05) is 0 Å². The van der Waals surface area contributed by atoms with Crippen molar-refractivity contribution < 1.29 is 14.3 Å². The number of aliphatic hydroxyl groups excluding tert-OH is 1. The number of carbonyl (C=O) groups excluding carboxylic acids is 1. The van der Waals surface area contributed by atoms with E-state index in [0.717, 1.165) is 37.7 Å². The normalized spacial score (nSPS) is 48.4. The molecule has 4 aliphatic carbocycles. The van der Waals surface area contributed by atoms with E-state index in [4.69, 9.17) is 11.6 Å². The molecule has 4 aliphatic rings. The molecule has 132 valence electrons. The topological polar surface area (TPSA) is 37.3 Å². The van der Waals surface area contributed by atoms with E-state index >= 15 is 0 Å². The Morgan fingerprint density at radius 1 is 1.21 bits per heavy atom. The SMILES string of the molecule is C[C@]12CC[C@H]3[C@@H](CCC4=C(F)C(=O)CC[C@@]43C)[C@@H]1CC=C(Cl)[C@@H]2O. The van der Waals surface area contributed by atoms with Crippen LogP contribution in [0.15, 0.2) is 22.5 Å². The van der Waals surface area contributed by atoms with Crippen LogP contribution in [0, 0.1) is 28.6 Å². The predicted octanol–water partition coefficient (Wildman–Crippen LogP) is 4.91. The molecule has 0 amide bonds. The van der Waals surface area contributed by atoms with Gasteiger partial charge in [0.2, 0.25) is 0 Å². The Kier molecular flexibility index (Phi) is 3.78. The Morgan fingerprint density at radius 2 is 1.96 bits per heavy atom. The fourth-order valence-electron chi connectivity index (χ4n) is 6.45. The number of allylic oxidation sites excluding steroid dienone is 3. The molecule has 0 unspecified atom stereocenters. The van der Waals surface area contributed by atoms with E-state index in [0.29, 0.717) is 35.6 Å². The van der Waals surface area contributed by atoms with Gasteiger partial charge in [-0.15, -0.1) is 0 Å². The maximum atomic E-state index is 14.5. The summed E-state index contributed by atoms with van der Waals surface area (Å²) in [6.45, 7) is 4.35. The van der Waals surface area contributed by atoms with Gasteiger partial charge in [-0.25, -0.2) is 4.39 Å². The molecule has 0 heterocycles. The van der Waals surface area contributed by atoms with Crippen LogP contribution in [0.2, 0.25) is 0 Å². The lowest BCUT2D eigenvalue weighted by Gasteiger charge is -2.60.